The summed E-state index contributed by atoms with van der Waals surface area (Å²) >= 11 is 0. The number of fused-ring (bicyclic) bond motifs is 2. The minimum Gasteiger partial charge on any atom is -0.362 e. The molecule has 6 heteroatoms. The molecule has 2 heterocycles. The summed E-state index contributed by atoms with van der Waals surface area (Å²) in [5, 5.41) is 9.73. The van der Waals surface area contributed by atoms with Crippen LogP contribution in [0.4, 0.5) is 11.8 Å². The first kappa shape index (κ1) is 21.7. The normalized spacial score (nSPS) is 18.6. The molecule has 6 nitrogen and oxygen atoms in total. The van der Waals surface area contributed by atoms with E-state index in [0.29, 0.717) is 6.04 Å². The fraction of sp³-hybridized carbons (Fsp3) is 0.407. The Labute approximate surface area is 195 Å². The number of nitrogens with one attached hydrogen (secondary N) is 3. The molecule has 2 aromatic carbocycles. The van der Waals surface area contributed by atoms with Crippen LogP contribution in [-0.2, 0) is 6.54 Å². The molecule has 1 fully saturated rings. The average Bonchev–Trinajstić information content (AvgIpc) is 3.21. The van der Waals surface area contributed by atoms with E-state index in [1.54, 1.807) is 0 Å². The number of hydrogen-bond donors (Lipinski definition) is 3. The highest BCUT2D eigenvalue weighted by Gasteiger charge is 2.22. The lowest BCUT2D eigenvalue weighted by Gasteiger charge is -2.29. The number of rotatable bonds is 7. The first-order valence-corrected chi connectivity index (χ1v) is 12.0. The van der Waals surface area contributed by atoms with E-state index in [1.165, 1.54) is 34.9 Å². The van der Waals surface area contributed by atoms with Gasteiger partial charge in [0.15, 0.2) is 0 Å². The van der Waals surface area contributed by atoms with Gasteiger partial charge in [-0.1, -0.05) is 24.3 Å². The van der Waals surface area contributed by atoms with Crippen LogP contribution in [0.5, 0.6) is 0 Å². The second-order valence-corrected chi connectivity index (χ2v) is 9.64. The zero-order chi connectivity index (χ0) is 22.8. The van der Waals surface area contributed by atoms with Gasteiger partial charge in [-0.05, 0) is 74.4 Å². The Kier molecular flexibility index (Phi) is 6.18. The Balaban J connectivity index is 1.14. The lowest BCUT2D eigenvalue weighted by atomic mass is 9.86. The van der Waals surface area contributed by atoms with Crippen molar-refractivity contribution in [3.8, 4) is 0 Å². The number of nitrogens with zero attached hydrogens (tertiary/aromatic N) is 3. The van der Waals surface area contributed by atoms with Crippen molar-refractivity contribution >= 4 is 33.6 Å². The van der Waals surface area contributed by atoms with Crippen molar-refractivity contribution in [1.82, 2.24) is 20.3 Å². The van der Waals surface area contributed by atoms with Crippen LogP contribution >= 0.6 is 0 Å². The van der Waals surface area contributed by atoms with Crippen LogP contribution in [0.3, 0.4) is 0 Å². The summed E-state index contributed by atoms with van der Waals surface area (Å²) < 4.78 is 0. The molecule has 0 saturated heterocycles. The van der Waals surface area contributed by atoms with Gasteiger partial charge in [-0.2, -0.15) is 4.98 Å². The van der Waals surface area contributed by atoms with Crippen LogP contribution in [0.1, 0.15) is 36.8 Å². The maximum absolute atomic E-state index is 4.81. The van der Waals surface area contributed by atoms with E-state index >= 15 is 0 Å². The van der Waals surface area contributed by atoms with Crippen molar-refractivity contribution in [1.29, 1.82) is 0 Å². The molecule has 1 aliphatic rings. The molecule has 0 unspecified atom stereocenters. The van der Waals surface area contributed by atoms with Crippen LogP contribution in [0.2, 0.25) is 0 Å². The van der Waals surface area contributed by atoms with Crippen molar-refractivity contribution in [2.24, 2.45) is 5.92 Å². The summed E-state index contributed by atoms with van der Waals surface area (Å²) in [4.78, 5) is 15.1. The van der Waals surface area contributed by atoms with Crippen molar-refractivity contribution in [3.63, 3.8) is 0 Å². The Bertz CT molecular complexity index is 1240. The highest BCUT2D eigenvalue weighted by atomic mass is 15.2. The minimum absolute atomic E-state index is 0.439. The van der Waals surface area contributed by atoms with Gasteiger partial charge in [0.05, 0.1) is 5.52 Å². The van der Waals surface area contributed by atoms with E-state index in [0.717, 1.165) is 54.5 Å². The number of H-pyrrole nitrogens is 1. The van der Waals surface area contributed by atoms with Gasteiger partial charge in [0.1, 0.15) is 5.82 Å². The Morgan fingerprint density at radius 3 is 2.64 bits per heavy atom. The van der Waals surface area contributed by atoms with Crippen molar-refractivity contribution in [2.75, 3.05) is 30.9 Å². The van der Waals surface area contributed by atoms with Gasteiger partial charge in [-0.25, -0.2) is 4.98 Å². The molecule has 172 valence electrons. The molecule has 4 aromatic rings. The molecule has 0 atom stereocenters. The summed E-state index contributed by atoms with van der Waals surface area (Å²) in [5.74, 6) is 2.44. The van der Waals surface area contributed by atoms with Crippen LogP contribution < -0.4 is 15.5 Å². The lowest BCUT2D eigenvalue weighted by Crippen LogP contribution is -2.31. The predicted octanol–water partition coefficient (Wildman–Crippen LogP) is 5.25. The molecular formula is C27H34N6. The number of benzene rings is 2. The van der Waals surface area contributed by atoms with Crippen LogP contribution in [0.25, 0.3) is 21.8 Å². The summed E-state index contributed by atoms with van der Waals surface area (Å²) in [6.45, 7) is 4.12. The van der Waals surface area contributed by atoms with Crippen molar-refractivity contribution < 1.29 is 0 Å². The molecule has 1 saturated carbocycles. The average molecular weight is 443 g/mol. The van der Waals surface area contributed by atoms with Gasteiger partial charge in [0, 0.05) is 49.2 Å². The van der Waals surface area contributed by atoms with E-state index in [4.69, 9.17) is 9.97 Å². The molecule has 0 spiro atoms. The number of aromatic nitrogens is 3. The standard InChI is InChI=1S/C27H34N6/c1-18-8-13-22-20(17-29-25(22)14-18)16-28-15-19-9-11-21(12-10-19)30-27-31-24-7-5-4-6-23(24)26(32-27)33(2)3/h4-8,13-14,17,19,21,28-29H,9-12,15-16H2,1-3H3,(H,30,31,32)/t19-,21+. The smallest absolute Gasteiger partial charge is 0.225 e. The molecule has 0 aliphatic heterocycles. The third-order valence-electron chi connectivity index (χ3n) is 6.86. The number of hydrogen-bond acceptors (Lipinski definition) is 5. The van der Waals surface area contributed by atoms with E-state index < -0.39 is 0 Å². The van der Waals surface area contributed by atoms with Crippen LogP contribution in [-0.4, -0.2) is 41.6 Å². The molecule has 0 radical (unpaired) electrons. The summed E-state index contributed by atoms with van der Waals surface area (Å²) in [5.41, 5.74) is 4.86. The maximum atomic E-state index is 4.81. The molecule has 5 rings (SSSR count). The number of anilines is 2. The second kappa shape index (κ2) is 9.40. The van der Waals surface area contributed by atoms with E-state index in [9.17, 15) is 0 Å². The second-order valence-electron chi connectivity index (χ2n) is 9.64. The SMILES string of the molecule is Cc1ccc2c(CNC[C@H]3CC[C@@H](Nc4nc(N(C)C)c5ccccc5n4)CC3)c[nH]c2c1. The zero-order valence-electron chi connectivity index (χ0n) is 19.9. The Morgan fingerprint density at radius 2 is 1.82 bits per heavy atom. The quantitative estimate of drug-likeness (QED) is 0.365. The predicted molar refractivity (Wildman–Crippen MR) is 138 cm³/mol. The van der Waals surface area contributed by atoms with E-state index in [2.05, 4.69) is 64.0 Å². The molecule has 0 amide bonds. The molecule has 33 heavy (non-hydrogen) atoms. The van der Waals surface area contributed by atoms with Gasteiger partial charge in [-0.15, -0.1) is 0 Å². The molecule has 1 aliphatic carbocycles. The third kappa shape index (κ3) is 4.81. The fourth-order valence-corrected chi connectivity index (χ4v) is 5.02. The fourth-order valence-electron chi connectivity index (χ4n) is 5.02. The largest absolute Gasteiger partial charge is 0.362 e. The summed E-state index contributed by atoms with van der Waals surface area (Å²) in [7, 11) is 4.07. The maximum Gasteiger partial charge on any atom is 0.225 e. The number of aryl methyl sites for hydroxylation is 1. The zero-order valence-corrected chi connectivity index (χ0v) is 19.9. The third-order valence-corrected chi connectivity index (χ3v) is 6.86. The first-order valence-electron chi connectivity index (χ1n) is 12.0. The first-order chi connectivity index (χ1) is 16.1. The van der Waals surface area contributed by atoms with Gasteiger partial charge in [0.2, 0.25) is 5.95 Å². The lowest BCUT2D eigenvalue weighted by molar-refractivity contribution is 0.324. The highest BCUT2D eigenvalue weighted by molar-refractivity contribution is 5.90. The van der Waals surface area contributed by atoms with Crippen molar-refractivity contribution in [2.45, 2.75) is 45.2 Å². The molecule has 2 aromatic heterocycles. The van der Waals surface area contributed by atoms with E-state index in [1.807, 2.05) is 26.2 Å². The Hall–Kier alpha value is -3.12. The van der Waals surface area contributed by atoms with Crippen molar-refractivity contribution in [3.05, 3.63) is 59.8 Å². The van der Waals surface area contributed by atoms with E-state index in [-0.39, 0.29) is 0 Å². The van der Waals surface area contributed by atoms with Crippen LogP contribution in [0, 0.1) is 12.8 Å². The number of para-hydroxylation sites is 1. The monoisotopic (exact) mass is 442 g/mol. The molecular weight excluding hydrogens is 408 g/mol. The molecule has 3 N–H and O–H groups in total. The minimum atomic E-state index is 0.439. The topological polar surface area (TPSA) is 68.9 Å². The summed E-state index contributed by atoms with van der Waals surface area (Å²) in [6.07, 6.45) is 6.92. The van der Waals surface area contributed by atoms with Gasteiger partial charge in [0.25, 0.3) is 0 Å². The number of aromatic amines is 1. The highest BCUT2D eigenvalue weighted by Crippen LogP contribution is 2.28. The summed E-state index contributed by atoms with van der Waals surface area (Å²) in [6, 6.07) is 15.3. The van der Waals surface area contributed by atoms with Gasteiger partial charge in [-0.3, -0.25) is 0 Å². The van der Waals surface area contributed by atoms with Crippen LogP contribution in [0.15, 0.2) is 48.7 Å². The Morgan fingerprint density at radius 1 is 1.00 bits per heavy atom. The molecule has 0 bridgehead atoms. The van der Waals surface area contributed by atoms with Gasteiger partial charge >= 0.3 is 0 Å². The van der Waals surface area contributed by atoms with Gasteiger partial charge < -0.3 is 20.5 Å².